The van der Waals surface area contributed by atoms with E-state index in [1.54, 1.807) is 25.1 Å². The molecule has 1 aromatic carbocycles. The molecule has 1 atom stereocenters. The van der Waals surface area contributed by atoms with Crippen molar-refractivity contribution in [3.05, 3.63) is 47.3 Å². The maximum atomic E-state index is 12.1. The number of aromatic nitrogens is 1. The third-order valence-electron chi connectivity index (χ3n) is 2.83. The molecule has 0 aliphatic carbocycles. The Labute approximate surface area is 118 Å². The summed E-state index contributed by atoms with van der Waals surface area (Å²) in [6.07, 6.45) is 0. The molecule has 0 aliphatic rings. The lowest BCUT2D eigenvalue weighted by Crippen LogP contribution is -2.23. The lowest BCUT2D eigenvalue weighted by atomic mass is 10.1. The second kappa shape index (κ2) is 5.74. The zero-order valence-corrected chi connectivity index (χ0v) is 12.1. The first kappa shape index (κ1) is 14.7. The van der Waals surface area contributed by atoms with Crippen LogP contribution in [-0.4, -0.2) is 13.6 Å². The summed E-state index contributed by atoms with van der Waals surface area (Å²) in [5, 5.41) is 3.70. The number of aryl methyl sites for hydroxylation is 1. The van der Waals surface area contributed by atoms with Crippen molar-refractivity contribution in [2.45, 2.75) is 31.3 Å². The lowest BCUT2D eigenvalue weighted by Gasteiger charge is -2.08. The highest BCUT2D eigenvalue weighted by atomic mass is 32.2. The maximum Gasteiger partial charge on any atom is 0.240 e. The van der Waals surface area contributed by atoms with Gasteiger partial charge in [-0.25, -0.2) is 13.1 Å². The van der Waals surface area contributed by atoms with E-state index in [0.717, 1.165) is 5.56 Å². The van der Waals surface area contributed by atoms with E-state index in [0.29, 0.717) is 11.5 Å². The summed E-state index contributed by atoms with van der Waals surface area (Å²) >= 11 is 0. The van der Waals surface area contributed by atoms with E-state index in [4.69, 9.17) is 10.3 Å². The number of hydrogen-bond donors (Lipinski definition) is 2. The van der Waals surface area contributed by atoms with E-state index in [9.17, 15) is 8.42 Å². The molecule has 1 unspecified atom stereocenters. The molecule has 2 aromatic rings. The Morgan fingerprint density at radius 3 is 2.50 bits per heavy atom. The van der Waals surface area contributed by atoms with Crippen LogP contribution in [0.4, 0.5) is 0 Å². The number of benzene rings is 1. The van der Waals surface area contributed by atoms with Crippen LogP contribution in [0.1, 0.15) is 30.0 Å². The number of rotatable bonds is 5. The standard InChI is InChI=1S/C13H17N3O3S/c1-9-7-12(19-16-9)8-15-20(17,18)13-5-3-11(4-6-13)10(2)14/h3-7,10,15H,8,14H2,1-2H3. The van der Waals surface area contributed by atoms with Crippen molar-refractivity contribution >= 4 is 10.0 Å². The fourth-order valence-electron chi connectivity index (χ4n) is 1.70. The molecule has 0 bridgehead atoms. The molecular weight excluding hydrogens is 278 g/mol. The fraction of sp³-hybridized carbons (Fsp3) is 0.308. The second-order valence-corrected chi connectivity index (χ2v) is 6.38. The first-order chi connectivity index (χ1) is 9.38. The highest BCUT2D eigenvalue weighted by Crippen LogP contribution is 2.15. The summed E-state index contributed by atoms with van der Waals surface area (Å²) < 4.78 is 31.6. The predicted molar refractivity (Wildman–Crippen MR) is 74.3 cm³/mol. The molecule has 1 aromatic heterocycles. The van der Waals surface area contributed by atoms with Gasteiger partial charge in [-0.15, -0.1) is 0 Å². The van der Waals surface area contributed by atoms with E-state index in [1.807, 2.05) is 6.92 Å². The minimum absolute atomic E-state index is 0.0677. The SMILES string of the molecule is Cc1cc(CNS(=O)(=O)c2ccc(C(C)N)cc2)on1. The van der Waals surface area contributed by atoms with Crippen LogP contribution in [0.15, 0.2) is 39.8 Å². The van der Waals surface area contributed by atoms with Crippen molar-refractivity contribution in [2.75, 3.05) is 0 Å². The van der Waals surface area contributed by atoms with Gasteiger partial charge in [0.25, 0.3) is 0 Å². The maximum absolute atomic E-state index is 12.1. The Bertz CT molecular complexity index is 675. The van der Waals surface area contributed by atoms with Gasteiger partial charge in [-0.1, -0.05) is 17.3 Å². The number of nitrogens with zero attached hydrogens (tertiary/aromatic N) is 1. The lowest BCUT2D eigenvalue weighted by molar-refractivity contribution is 0.377. The molecule has 3 N–H and O–H groups in total. The molecular formula is C13H17N3O3S. The summed E-state index contributed by atoms with van der Waals surface area (Å²) in [5.41, 5.74) is 7.32. The second-order valence-electron chi connectivity index (χ2n) is 4.62. The summed E-state index contributed by atoms with van der Waals surface area (Å²) in [6, 6.07) is 8.04. The van der Waals surface area contributed by atoms with Gasteiger partial charge >= 0.3 is 0 Å². The summed E-state index contributed by atoms with van der Waals surface area (Å²) in [6.45, 7) is 3.68. The van der Waals surface area contributed by atoms with Gasteiger partial charge < -0.3 is 10.3 Å². The van der Waals surface area contributed by atoms with Crippen molar-refractivity contribution in [1.29, 1.82) is 0 Å². The van der Waals surface area contributed by atoms with Gasteiger partial charge in [0, 0.05) is 12.1 Å². The van der Waals surface area contributed by atoms with Crippen molar-refractivity contribution in [3.8, 4) is 0 Å². The van der Waals surface area contributed by atoms with Crippen LogP contribution in [0.25, 0.3) is 0 Å². The van der Waals surface area contributed by atoms with Gasteiger partial charge in [0.2, 0.25) is 10.0 Å². The van der Waals surface area contributed by atoms with Gasteiger partial charge in [0.1, 0.15) is 0 Å². The van der Waals surface area contributed by atoms with Crippen molar-refractivity contribution < 1.29 is 12.9 Å². The number of nitrogens with two attached hydrogens (primary N) is 1. The Morgan fingerprint density at radius 2 is 2.00 bits per heavy atom. The van der Waals surface area contributed by atoms with Crippen LogP contribution in [0.2, 0.25) is 0 Å². The van der Waals surface area contributed by atoms with Crippen LogP contribution >= 0.6 is 0 Å². The number of nitrogens with one attached hydrogen (secondary N) is 1. The van der Waals surface area contributed by atoms with E-state index in [1.165, 1.54) is 12.1 Å². The summed E-state index contributed by atoms with van der Waals surface area (Å²) in [4.78, 5) is 0.193. The topological polar surface area (TPSA) is 98.2 Å². The third-order valence-corrected chi connectivity index (χ3v) is 4.25. The molecule has 0 saturated carbocycles. The van der Waals surface area contributed by atoms with E-state index < -0.39 is 10.0 Å². The molecule has 1 heterocycles. The van der Waals surface area contributed by atoms with E-state index in [-0.39, 0.29) is 17.5 Å². The molecule has 6 nitrogen and oxygen atoms in total. The minimum Gasteiger partial charge on any atom is -0.360 e. The molecule has 0 amide bonds. The van der Waals surface area contributed by atoms with Crippen molar-refractivity contribution in [1.82, 2.24) is 9.88 Å². The molecule has 108 valence electrons. The van der Waals surface area contributed by atoms with Crippen LogP contribution < -0.4 is 10.5 Å². The first-order valence-corrected chi connectivity index (χ1v) is 7.64. The number of sulfonamides is 1. The summed E-state index contributed by atoms with van der Waals surface area (Å²) in [5.74, 6) is 0.471. The van der Waals surface area contributed by atoms with Gasteiger partial charge in [-0.05, 0) is 31.5 Å². The van der Waals surface area contributed by atoms with Gasteiger partial charge in [0.15, 0.2) is 5.76 Å². The predicted octanol–water partition coefficient (Wildman–Crippen LogP) is 1.48. The molecule has 7 heteroatoms. The van der Waals surface area contributed by atoms with Crippen LogP contribution in [0.3, 0.4) is 0 Å². The Balaban J connectivity index is 2.09. The van der Waals surface area contributed by atoms with Crippen LogP contribution in [-0.2, 0) is 16.6 Å². The zero-order valence-electron chi connectivity index (χ0n) is 11.3. The molecule has 0 aliphatic heterocycles. The Kier molecular flexibility index (Phi) is 4.22. The largest absolute Gasteiger partial charge is 0.360 e. The van der Waals surface area contributed by atoms with Crippen LogP contribution in [0, 0.1) is 6.92 Å². The minimum atomic E-state index is -3.57. The molecule has 0 radical (unpaired) electrons. The molecule has 20 heavy (non-hydrogen) atoms. The molecule has 0 saturated heterocycles. The van der Waals surface area contributed by atoms with Crippen LogP contribution in [0.5, 0.6) is 0 Å². The molecule has 0 spiro atoms. The molecule has 0 fully saturated rings. The third kappa shape index (κ3) is 3.44. The highest BCUT2D eigenvalue weighted by Gasteiger charge is 2.15. The number of hydrogen-bond acceptors (Lipinski definition) is 5. The van der Waals surface area contributed by atoms with Gasteiger partial charge in [-0.3, -0.25) is 0 Å². The zero-order chi connectivity index (χ0) is 14.8. The van der Waals surface area contributed by atoms with Crippen molar-refractivity contribution in [2.24, 2.45) is 5.73 Å². The quantitative estimate of drug-likeness (QED) is 0.870. The smallest absolute Gasteiger partial charge is 0.240 e. The average molecular weight is 295 g/mol. The summed E-state index contributed by atoms with van der Waals surface area (Å²) in [7, 11) is -3.57. The fourth-order valence-corrected chi connectivity index (χ4v) is 2.69. The molecule has 2 rings (SSSR count). The van der Waals surface area contributed by atoms with Gasteiger partial charge in [0.05, 0.1) is 17.1 Å². The van der Waals surface area contributed by atoms with Crippen molar-refractivity contribution in [3.63, 3.8) is 0 Å². The van der Waals surface area contributed by atoms with Gasteiger partial charge in [-0.2, -0.15) is 0 Å². The average Bonchev–Trinajstić information content (AvgIpc) is 2.82. The Hall–Kier alpha value is -1.70. The first-order valence-electron chi connectivity index (χ1n) is 6.16. The Morgan fingerprint density at radius 1 is 1.35 bits per heavy atom. The normalized spacial score (nSPS) is 13.3. The van der Waals surface area contributed by atoms with E-state index >= 15 is 0 Å². The monoisotopic (exact) mass is 295 g/mol. The highest BCUT2D eigenvalue weighted by molar-refractivity contribution is 7.89. The van der Waals surface area contributed by atoms with E-state index in [2.05, 4.69) is 9.88 Å².